The molecule has 26 heavy (non-hydrogen) atoms. The predicted molar refractivity (Wildman–Crippen MR) is 99.3 cm³/mol. The Kier molecular flexibility index (Phi) is 5.52. The molecule has 3 rings (SSSR count). The normalized spacial score (nSPS) is 10.5. The highest BCUT2D eigenvalue weighted by atomic mass is 16.5. The maximum atomic E-state index is 12.1. The van der Waals surface area contributed by atoms with Gasteiger partial charge in [-0.2, -0.15) is 5.10 Å². The monoisotopic (exact) mass is 344 g/mol. The van der Waals surface area contributed by atoms with Crippen molar-refractivity contribution in [1.82, 2.24) is 5.43 Å². The number of hydrogen-bond donors (Lipinski definition) is 1. The van der Waals surface area contributed by atoms with Crippen molar-refractivity contribution >= 4 is 18.1 Å². The van der Waals surface area contributed by atoms with Gasteiger partial charge in [-0.25, -0.2) is 10.2 Å². The van der Waals surface area contributed by atoms with Gasteiger partial charge in [0.2, 0.25) is 0 Å². The van der Waals surface area contributed by atoms with Crippen molar-refractivity contribution in [3.8, 4) is 5.75 Å². The molecule has 0 spiro atoms. The molecule has 0 radical (unpaired) electrons. The number of carbonyl (C=O) groups is 2. The van der Waals surface area contributed by atoms with Crippen molar-refractivity contribution in [1.29, 1.82) is 0 Å². The summed E-state index contributed by atoms with van der Waals surface area (Å²) in [5.74, 6) is -0.331. The van der Waals surface area contributed by atoms with Crippen LogP contribution < -0.4 is 10.2 Å². The van der Waals surface area contributed by atoms with Gasteiger partial charge in [0, 0.05) is 5.56 Å². The number of hydrazone groups is 1. The number of carbonyl (C=O) groups excluding carboxylic acids is 2. The number of nitrogens with one attached hydrogen (secondary N) is 1. The molecular formula is C21H16N2O3. The molecule has 0 aliphatic heterocycles. The SMILES string of the molecule is O=C(NN=Cc1cccc(OC(=O)c2ccccc2)c1)c1ccccc1. The molecule has 0 saturated carbocycles. The molecule has 0 heterocycles. The van der Waals surface area contributed by atoms with E-state index < -0.39 is 5.97 Å². The fraction of sp³-hybridized carbons (Fsp3) is 0. The summed E-state index contributed by atoms with van der Waals surface area (Å²) in [6.45, 7) is 0. The maximum Gasteiger partial charge on any atom is 0.343 e. The van der Waals surface area contributed by atoms with Crippen LogP contribution in [-0.2, 0) is 0 Å². The van der Waals surface area contributed by atoms with E-state index in [-0.39, 0.29) is 5.91 Å². The molecule has 5 nitrogen and oxygen atoms in total. The molecule has 0 aliphatic carbocycles. The summed E-state index contributed by atoms with van der Waals surface area (Å²) in [6.07, 6.45) is 1.49. The summed E-state index contributed by atoms with van der Waals surface area (Å²) in [7, 11) is 0. The van der Waals surface area contributed by atoms with Gasteiger partial charge in [-0.1, -0.05) is 48.5 Å². The van der Waals surface area contributed by atoms with Crippen LogP contribution >= 0.6 is 0 Å². The summed E-state index contributed by atoms with van der Waals surface area (Å²) in [6, 6.07) is 24.4. The summed E-state index contributed by atoms with van der Waals surface area (Å²) in [5, 5.41) is 3.93. The second kappa shape index (κ2) is 8.39. The van der Waals surface area contributed by atoms with Crippen LogP contribution in [0.4, 0.5) is 0 Å². The Hall–Kier alpha value is -3.73. The number of benzene rings is 3. The first-order valence-corrected chi connectivity index (χ1v) is 7.98. The standard InChI is InChI=1S/C21H16N2O3/c24-20(17-9-3-1-4-10-17)23-22-15-16-8-7-13-19(14-16)26-21(25)18-11-5-2-6-12-18/h1-15H,(H,23,24). The van der Waals surface area contributed by atoms with Crippen LogP contribution in [-0.4, -0.2) is 18.1 Å². The van der Waals surface area contributed by atoms with Crippen molar-refractivity contribution < 1.29 is 14.3 Å². The second-order valence-electron chi connectivity index (χ2n) is 5.39. The van der Waals surface area contributed by atoms with Gasteiger partial charge in [0.15, 0.2) is 0 Å². The van der Waals surface area contributed by atoms with Gasteiger partial charge in [-0.15, -0.1) is 0 Å². The van der Waals surface area contributed by atoms with Crippen LogP contribution in [0.1, 0.15) is 26.3 Å². The molecule has 128 valence electrons. The molecule has 1 N–H and O–H groups in total. The first-order valence-electron chi connectivity index (χ1n) is 7.98. The molecule has 1 amide bonds. The van der Waals surface area contributed by atoms with E-state index in [1.54, 1.807) is 72.8 Å². The lowest BCUT2D eigenvalue weighted by Gasteiger charge is -2.05. The van der Waals surface area contributed by atoms with E-state index in [4.69, 9.17) is 4.74 Å². The first-order chi connectivity index (χ1) is 12.7. The molecule has 0 saturated heterocycles. The molecule has 0 atom stereocenters. The highest BCUT2D eigenvalue weighted by Crippen LogP contribution is 2.14. The van der Waals surface area contributed by atoms with Gasteiger partial charge in [0.05, 0.1) is 11.8 Å². The first kappa shape index (κ1) is 17.1. The Balaban J connectivity index is 1.62. The van der Waals surface area contributed by atoms with E-state index in [0.29, 0.717) is 22.4 Å². The van der Waals surface area contributed by atoms with Crippen LogP contribution in [0.3, 0.4) is 0 Å². The molecule has 3 aromatic carbocycles. The van der Waals surface area contributed by atoms with Crippen LogP contribution in [0.5, 0.6) is 5.75 Å². The molecule has 0 fully saturated rings. The van der Waals surface area contributed by atoms with E-state index in [2.05, 4.69) is 10.5 Å². The topological polar surface area (TPSA) is 67.8 Å². The fourth-order valence-corrected chi connectivity index (χ4v) is 2.22. The molecule has 0 unspecified atom stereocenters. The Bertz CT molecular complexity index is 922. The third-order valence-electron chi connectivity index (χ3n) is 3.49. The van der Waals surface area contributed by atoms with Crippen molar-refractivity contribution in [2.24, 2.45) is 5.10 Å². The second-order valence-corrected chi connectivity index (χ2v) is 5.39. The van der Waals surface area contributed by atoms with Gasteiger partial charge >= 0.3 is 5.97 Å². The Morgan fingerprint density at radius 2 is 1.46 bits per heavy atom. The van der Waals surface area contributed by atoms with Gasteiger partial charge < -0.3 is 4.74 Å². The van der Waals surface area contributed by atoms with Crippen molar-refractivity contribution in [3.63, 3.8) is 0 Å². The minimum Gasteiger partial charge on any atom is -0.423 e. The largest absolute Gasteiger partial charge is 0.423 e. The van der Waals surface area contributed by atoms with Crippen LogP contribution in [0.15, 0.2) is 90.0 Å². The number of amides is 1. The lowest BCUT2D eigenvalue weighted by atomic mass is 10.2. The van der Waals surface area contributed by atoms with E-state index in [9.17, 15) is 9.59 Å². The zero-order valence-corrected chi connectivity index (χ0v) is 13.8. The third-order valence-corrected chi connectivity index (χ3v) is 3.49. The minimum atomic E-state index is -0.433. The third kappa shape index (κ3) is 4.64. The van der Waals surface area contributed by atoms with E-state index in [0.717, 1.165) is 0 Å². The van der Waals surface area contributed by atoms with E-state index in [1.165, 1.54) is 6.21 Å². The number of ether oxygens (including phenoxy) is 1. The Morgan fingerprint density at radius 1 is 0.808 bits per heavy atom. The zero-order valence-electron chi connectivity index (χ0n) is 13.8. The Morgan fingerprint density at radius 3 is 2.15 bits per heavy atom. The van der Waals surface area contributed by atoms with Crippen LogP contribution in [0.2, 0.25) is 0 Å². The average molecular weight is 344 g/mol. The Labute approximate surface area is 150 Å². The predicted octanol–water partition coefficient (Wildman–Crippen LogP) is 3.67. The van der Waals surface area contributed by atoms with Gasteiger partial charge in [0.25, 0.3) is 5.91 Å². The number of nitrogens with zero attached hydrogens (tertiary/aromatic N) is 1. The summed E-state index contributed by atoms with van der Waals surface area (Å²) in [4.78, 5) is 24.0. The van der Waals surface area contributed by atoms with Crippen molar-refractivity contribution in [3.05, 3.63) is 102 Å². The molecule has 0 aromatic heterocycles. The molecule has 0 aliphatic rings. The lowest BCUT2D eigenvalue weighted by Crippen LogP contribution is -2.17. The average Bonchev–Trinajstić information content (AvgIpc) is 2.69. The maximum absolute atomic E-state index is 12.1. The van der Waals surface area contributed by atoms with Gasteiger partial charge in [0.1, 0.15) is 5.75 Å². The zero-order chi connectivity index (χ0) is 18.2. The summed E-state index contributed by atoms with van der Waals surface area (Å²) in [5.41, 5.74) is 4.14. The van der Waals surface area contributed by atoms with E-state index >= 15 is 0 Å². The number of hydrogen-bond acceptors (Lipinski definition) is 4. The molecule has 5 heteroatoms. The fourth-order valence-electron chi connectivity index (χ4n) is 2.22. The number of esters is 1. The van der Waals surface area contributed by atoms with Crippen molar-refractivity contribution in [2.75, 3.05) is 0 Å². The molecular weight excluding hydrogens is 328 g/mol. The molecule has 0 bridgehead atoms. The quantitative estimate of drug-likeness (QED) is 0.332. The van der Waals surface area contributed by atoms with Gasteiger partial charge in [-0.05, 0) is 42.0 Å². The lowest BCUT2D eigenvalue weighted by molar-refractivity contribution is 0.0734. The smallest absolute Gasteiger partial charge is 0.343 e. The highest BCUT2D eigenvalue weighted by molar-refractivity contribution is 5.95. The number of rotatable bonds is 5. The van der Waals surface area contributed by atoms with Crippen LogP contribution in [0, 0.1) is 0 Å². The minimum absolute atomic E-state index is 0.298. The molecule has 3 aromatic rings. The summed E-state index contributed by atoms with van der Waals surface area (Å²) < 4.78 is 5.35. The van der Waals surface area contributed by atoms with Gasteiger partial charge in [-0.3, -0.25) is 4.79 Å². The van der Waals surface area contributed by atoms with E-state index in [1.807, 2.05) is 12.1 Å². The highest BCUT2D eigenvalue weighted by Gasteiger charge is 2.07. The van der Waals surface area contributed by atoms with Crippen molar-refractivity contribution in [2.45, 2.75) is 0 Å². The van der Waals surface area contributed by atoms with Crippen LogP contribution in [0.25, 0.3) is 0 Å². The summed E-state index contributed by atoms with van der Waals surface area (Å²) >= 11 is 0.